The van der Waals surface area contributed by atoms with Crippen LogP contribution in [0.15, 0.2) is 30.3 Å². The standard InChI is InChI=1S/C15H19NO4/c1-20-14(19)15(7-8-15)13(18)16-12(10-17)9-11-5-3-2-4-6-11/h2-6,12,17H,7-10H2,1H3,(H,16,18)/t12-/m0/s1. The van der Waals surface area contributed by atoms with Crippen molar-refractivity contribution in [3.05, 3.63) is 35.9 Å². The Kier molecular flexibility index (Phi) is 4.39. The highest BCUT2D eigenvalue weighted by molar-refractivity contribution is 6.05. The number of methoxy groups -OCH3 is 1. The van der Waals surface area contributed by atoms with E-state index in [2.05, 4.69) is 10.1 Å². The highest BCUT2D eigenvalue weighted by atomic mass is 16.5. The van der Waals surface area contributed by atoms with Crippen LogP contribution >= 0.6 is 0 Å². The van der Waals surface area contributed by atoms with Crippen LogP contribution in [0.3, 0.4) is 0 Å². The summed E-state index contributed by atoms with van der Waals surface area (Å²) in [6, 6.07) is 9.19. The van der Waals surface area contributed by atoms with Gasteiger partial charge in [0.2, 0.25) is 5.91 Å². The van der Waals surface area contributed by atoms with Gasteiger partial charge in [0.05, 0.1) is 19.8 Å². The number of carbonyl (C=O) groups is 2. The van der Waals surface area contributed by atoms with Crippen molar-refractivity contribution in [3.8, 4) is 0 Å². The fraction of sp³-hybridized carbons (Fsp3) is 0.467. The highest BCUT2D eigenvalue weighted by Crippen LogP contribution is 2.47. The maximum absolute atomic E-state index is 12.2. The largest absolute Gasteiger partial charge is 0.468 e. The van der Waals surface area contributed by atoms with Crippen molar-refractivity contribution in [2.45, 2.75) is 25.3 Å². The molecule has 2 rings (SSSR count). The summed E-state index contributed by atoms with van der Waals surface area (Å²) < 4.78 is 4.67. The number of aliphatic hydroxyl groups excluding tert-OH is 1. The highest BCUT2D eigenvalue weighted by Gasteiger charge is 2.58. The summed E-state index contributed by atoms with van der Waals surface area (Å²) in [7, 11) is 1.28. The predicted octanol–water partition coefficient (Wildman–Crippen LogP) is 0.659. The number of nitrogens with one attached hydrogen (secondary N) is 1. The fourth-order valence-electron chi connectivity index (χ4n) is 2.23. The van der Waals surface area contributed by atoms with Crippen LogP contribution in [-0.2, 0) is 20.7 Å². The Bertz CT molecular complexity index is 482. The third kappa shape index (κ3) is 2.99. The van der Waals surface area contributed by atoms with Gasteiger partial charge in [-0.25, -0.2) is 0 Å². The van der Waals surface area contributed by atoms with Crippen molar-refractivity contribution in [1.82, 2.24) is 5.32 Å². The molecule has 1 fully saturated rings. The number of aliphatic hydroxyl groups is 1. The number of hydrogen-bond donors (Lipinski definition) is 2. The Morgan fingerprint density at radius 1 is 1.35 bits per heavy atom. The van der Waals surface area contributed by atoms with Crippen molar-refractivity contribution in [3.63, 3.8) is 0 Å². The van der Waals surface area contributed by atoms with Crippen LogP contribution in [0.4, 0.5) is 0 Å². The molecular weight excluding hydrogens is 258 g/mol. The molecule has 0 aliphatic heterocycles. The number of benzene rings is 1. The lowest BCUT2D eigenvalue weighted by Gasteiger charge is -2.20. The Balaban J connectivity index is 1.97. The lowest BCUT2D eigenvalue weighted by molar-refractivity contribution is -0.152. The third-order valence-corrected chi connectivity index (χ3v) is 3.64. The van der Waals surface area contributed by atoms with Gasteiger partial charge in [-0.3, -0.25) is 9.59 Å². The molecule has 20 heavy (non-hydrogen) atoms. The lowest BCUT2D eigenvalue weighted by atomic mass is 10.0. The maximum Gasteiger partial charge on any atom is 0.321 e. The average Bonchev–Trinajstić information content (AvgIpc) is 3.28. The van der Waals surface area contributed by atoms with E-state index in [0.29, 0.717) is 19.3 Å². The molecule has 1 aromatic carbocycles. The summed E-state index contributed by atoms with van der Waals surface area (Å²) in [6.45, 7) is -0.169. The molecule has 0 aromatic heterocycles. The molecule has 1 aliphatic rings. The van der Waals surface area contributed by atoms with Crippen molar-refractivity contribution in [1.29, 1.82) is 0 Å². The molecule has 0 radical (unpaired) electrons. The second kappa shape index (κ2) is 6.05. The zero-order valence-electron chi connectivity index (χ0n) is 11.5. The molecule has 1 amide bonds. The van der Waals surface area contributed by atoms with Crippen LogP contribution in [0.2, 0.25) is 0 Å². The molecule has 1 atom stereocenters. The summed E-state index contributed by atoms with van der Waals surface area (Å²) in [5.41, 5.74) is -0.00598. The van der Waals surface area contributed by atoms with Crippen molar-refractivity contribution in [2.75, 3.05) is 13.7 Å². The molecule has 0 saturated heterocycles. The first-order valence-electron chi connectivity index (χ1n) is 6.66. The van der Waals surface area contributed by atoms with E-state index >= 15 is 0 Å². The minimum atomic E-state index is -1.03. The van der Waals surface area contributed by atoms with E-state index in [0.717, 1.165) is 5.56 Å². The molecule has 2 N–H and O–H groups in total. The van der Waals surface area contributed by atoms with Gasteiger partial charge in [-0.1, -0.05) is 30.3 Å². The summed E-state index contributed by atoms with van der Waals surface area (Å²) in [4.78, 5) is 23.8. The Morgan fingerprint density at radius 2 is 2.00 bits per heavy atom. The first kappa shape index (κ1) is 14.5. The molecule has 0 bridgehead atoms. The monoisotopic (exact) mass is 277 g/mol. The van der Waals surface area contributed by atoms with Crippen molar-refractivity contribution in [2.24, 2.45) is 5.41 Å². The van der Waals surface area contributed by atoms with E-state index in [4.69, 9.17) is 0 Å². The van der Waals surface area contributed by atoms with E-state index in [1.165, 1.54) is 7.11 Å². The van der Waals surface area contributed by atoms with Crippen molar-refractivity contribution < 1.29 is 19.4 Å². The van der Waals surface area contributed by atoms with E-state index in [1.807, 2.05) is 30.3 Å². The van der Waals surface area contributed by atoms with Crippen LogP contribution in [0.1, 0.15) is 18.4 Å². The van der Waals surface area contributed by atoms with Gasteiger partial charge in [-0.05, 0) is 24.8 Å². The Morgan fingerprint density at radius 3 is 2.50 bits per heavy atom. The van der Waals surface area contributed by atoms with E-state index in [9.17, 15) is 14.7 Å². The zero-order valence-corrected chi connectivity index (χ0v) is 11.5. The molecule has 1 saturated carbocycles. The number of carbonyl (C=O) groups excluding carboxylic acids is 2. The quantitative estimate of drug-likeness (QED) is 0.591. The molecule has 5 heteroatoms. The number of hydrogen-bond acceptors (Lipinski definition) is 4. The minimum absolute atomic E-state index is 0.169. The van der Waals surface area contributed by atoms with Crippen LogP contribution < -0.4 is 5.32 Å². The number of amides is 1. The van der Waals surface area contributed by atoms with Gasteiger partial charge >= 0.3 is 5.97 Å². The first-order valence-corrected chi connectivity index (χ1v) is 6.66. The van der Waals surface area contributed by atoms with E-state index < -0.39 is 17.4 Å². The molecular formula is C15H19NO4. The number of esters is 1. The van der Waals surface area contributed by atoms with Crippen LogP contribution in [-0.4, -0.2) is 36.7 Å². The number of ether oxygens (including phenoxy) is 1. The smallest absolute Gasteiger partial charge is 0.321 e. The van der Waals surface area contributed by atoms with Gasteiger partial charge in [-0.15, -0.1) is 0 Å². The van der Waals surface area contributed by atoms with Gasteiger partial charge in [0.25, 0.3) is 0 Å². The third-order valence-electron chi connectivity index (χ3n) is 3.64. The van der Waals surface area contributed by atoms with Crippen LogP contribution in [0, 0.1) is 5.41 Å². The normalized spacial score (nSPS) is 17.1. The van der Waals surface area contributed by atoms with E-state index in [-0.39, 0.29) is 12.5 Å². The summed E-state index contributed by atoms with van der Waals surface area (Å²) in [5.74, 6) is -0.842. The first-order chi connectivity index (χ1) is 9.62. The summed E-state index contributed by atoms with van der Waals surface area (Å²) >= 11 is 0. The molecule has 0 unspecified atom stereocenters. The van der Waals surface area contributed by atoms with Gasteiger partial charge < -0.3 is 15.2 Å². The fourth-order valence-corrected chi connectivity index (χ4v) is 2.23. The SMILES string of the molecule is COC(=O)C1(C(=O)N[C@H](CO)Cc2ccccc2)CC1. The lowest BCUT2D eigenvalue weighted by Crippen LogP contribution is -2.45. The Hall–Kier alpha value is -1.88. The summed E-state index contributed by atoms with van der Waals surface area (Å²) in [5, 5.41) is 12.1. The molecule has 5 nitrogen and oxygen atoms in total. The van der Waals surface area contributed by atoms with Gasteiger partial charge in [-0.2, -0.15) is 0 Å². The molecule has 108 valence electrons. The average molecular weight is 277 g/mol. The zero-order chi connectivity index (χ0) is 14.6. The topological polar surface area (TPSA) is 75.6 Å². The predicted molar refractivity (Wildman–Crippen MR) is 72.8 cm³/mol. The Labute approximate surface area is 117 Å². The second-order valence-corrected chi connectivity index (χ2v) is 5.12. The second-order valence-electron chi connectivity index (χ2n) is 5.12. The van der Waals surface area contributed by atoms with E-state index in [1.54, 1.807) is 0 Å². The van der Waals surface area contributed by atoms with Crippen LogP contribution in [0.25, 0.3) is 0 Å². The van der Waals surface area contributed by atoms with Crippen LogP contribution in [0.5, 0.6) is 0 Å². The maximum atomic E-state index is 12.2. The number of rotatable bonds is 6. The molecule has 0 heterocycles. The van der Waals surface area contributed by atoms with Gasteiger partial charge in [0, 0.05) is 0 Å². The summed E-state index contributed by atoms with van der Waals surface area (Å²) in [6.07, 6.45) is 1.55. The molecule has 1 aromatic rings. The van der Waals surface area contributed by atoms with Crippen molar-refractivity contribution >= 4 is 11.9 Å². The minimum Gasteiger partial charge on any atom is -0.468 e. The van der Waals surface area contributed by atoms with Gasteiger partial charge in [0.1, 0.15) is 5.41 Å². The van der Waals surface area contributed by atoms with Gasteiger partial charge in [0.15, 0.2) is 0 Å². The molecule has 0 spiro atoms. The molecule has 1 aliphatic carbocycles.